The number of para-hydroxylation sites is 1. The number of nitrogens with one attached hydrogen (secondary N) is 4. The molecular formula is C35H41N5O7. The molecule has 4 atom stereocenters. The fourth-order valence-electron chi connectivity index (χ4n) is 5.30. The van der Waals surface area contributed by atoms with Crippen molar-refractivity contribution < 1.29 is 34.5 Å². The lowest BCUT2D eigenvalue weighted by Gasteiger charge is -2.26. The number of hydrogen-bond acceptors (Lipinski definition) is 7. The van der Waals surface area contributed by atoms with Gasteiger partial charge < -0.3 is 42.0 Å². The second-order valence-electron chi connectivity index (χ2n) is 12.1. The lowest BCUT2D eigenvalue weighted by atomic mass is 9.99. The van der Waals surface area contributed by atoms with Gasteiger partial charge in [-0.3, -0.25) is 14.4 Å². The number of nitrogens with two attached hydrogens (primary N) is 1. The molecule has 0 saturated heterocycles. The largest absolute Gasteiger partial charge is 0.508 e. The van der Waals surface area contributed by atoms with Crippen LogP contribution in [0.4, 0.5) is 0 Å². The highest BCUT2D eigenvalue weighted by atomic mass is 16.4. The van der Waals surface area contributed by atoms with Gasteiger partial charge in [-0.05, 0) is 65.8 Å². The van der Waals surface area contributed by atoms with Crippen LogP contribution >= 0.6 is 0 Å². The predicted octanol–water partition coefficient (Wildman–Crippen LogP) is 2.52. The van der Waals surface area contributed by atoms with E-state index >= 15 is 0 Å². The van der Waals surface area contributed by atoms with Gasteiger partial charge in [0.2, 0.25) is 17.7 Å². The van der Waals surface area contributed by atoms with Crippen LogP contribution in [0.2, 0.25) is 0 Å². The van der Waals surface area contributed by atoms with E-state index in [-0.39, 0.29) is 43.1 Å². The molecule has 4 unspecified atom stereocenters. The van der Waals surface area contributed by atoms with Crippen LogP contribution in [-0.2, 0) is 38.4 Å². The molecule has 3 aromatic carbocycles. The van der Waals surface area contributed by atoms with Gasteiger partial charge in [-0.2, -0.15) is 0 Å². The van der Waals surface area contributed by atoms with E-state index in [1.165, 1.54) is 24.3 Å². The first-order valence-corrected chi connectivity index (χ1v) is 15.4. The quantitative estimate of drug-likeness (QED) is 0.0963. The van der Waals surface area contributed by atoms with E-state index in [9.17, 15) is 34.5 Å². The molecule has 248 valence electrons. The van der Waals surface area contributed by atoms with Gasteiger partial charge in [-0.15, -0.1) is 0 Å². The van der Waals surface area contributed by atoms with Gasteiger partial charge in [0, 0.05) is 29.9 Å². The SMILES string of the molecule is CC(C)CC(NC(=O)C(N)Cc1c[nH]c2ccccc12)C(=O)NC(Cc1ccc(O)cc1)C(=O)NC(Cc1ccc(O)cc1)C(=O)O. The molecule has 0 radical (unpaired) electrons. The number of carboxylic acid groups (broad SMARTS) is 1. The Morgan fingerprint density at radius 3 is 1.79 bits per heavy atom. The molecule has 4 rings (SSSR count). The molecule has 0 bridgehead atoms. The molecule has 0 saturated carbocycles. The van der Waals surface area contributed by atoms with Crippen LogP contribution in [0.3, 0.4) is 0 Å². The number of H-pyrrole nitrogens is 1. The first-order valence-electron chi connectivity index (χ1n) is 15.4. The van der Waals surface area contributed by atoms with Crippen molar-refractivity contribution in [2.24, 2.45) is 11.7 Å². The van der Waals surface area contributed by atoms with Gasteiger partial charge >= 0.3 is 5.97 Å². The zero-order valence-corrected chi connectivity index (χ0v) is 26.3. The van der Waals surface area contributed by atoms with Gasteiger partial charge in [0.25, 0.3) is 0 Å². The molecule has 0 fully saturated rings. The topological polar surface area (TPSA) is 207 Å². The van der Waals surface area contributed by atoms with Crippen molar-refractivity contribution in [3.63, 3.8) is 0 Å². The van der Waals surface area contributed by atoms with E-state index in [4.69, 9.17) is 5.73 Å². The van der Waals surface area contributed by atoms with E-state index in [0.29, 0.717) is 11.1 Å². The molecule has 0 aliphatic rings. The number of fused-ring (bicyclic) bond motifs is 1. The van der Waals surface area contributed by atoms with Crippen molar-refractivity contribution in [1.29, 1.82) is 0 Å². The monoisotopic (exact) mass is 643 g/mol. The van der Waals surface area contributed by atoms with E-state index in [1.807, 2.05) is 38.1 Å². The first kappa shape index (κ1) is 34.5. The number of amides is 3. The molecular weight excluding hydrogens is 602 g/mol. The molecule has 47 heavy (non-hydrogen) atoms. The van der Waals surface area contributed by atoms with Crippen molar-refractivity contribution in [2.45, 2.75) is 63.7 Å². The van der Waals surface area contributed by atoms with Crippen molar-refractivity contribution in [3.05, 3.63) is 95.7 Å². The predicted molar refractivity (Wildman–Crippen MR) is 176 cm³/mol. The smallest absolute Gasteiger partial charge is 0.326 e. The summed E-state index contributed by atoms with van der Waals surface area (Å²) < 4.78 is 0. The summed E-state index contributed by atoms with van der Waals surface area (Å²) in [6, 6.07) is 15.1. The zero-order chi connectivity index (χ0) is 34.1. The standard InChI is InChI=1S/C35H41N5O7/c1-20(2)15-29(38-32(43)27(36)18-23-19-37-28-6-4-3-5-26(23)28)33(44)39-30(16-21-7-11-24(41)12-8-21)34(45)40-31(35(46)47)17-22-9-13-25(42)14-10-22/h3-14,19-20,27,29-31,37,41-42H,15-18,36H2,1-2H3,(H,38,43)(H,39,44)(H,40,45)(H,46,47). The van der Waals surface area contributed by atoms with Crippen molar-refractivity contribution in [2.75, 3.05) is 0 Å². The fraction of sp³-hybridized carbons (Fsp3) is 0.314. The molecule has 1 aromatic heterocycles. The summed E-state index contributed by atoms with van der Waals surface area (Å²) in [4.78, 5) is 55.8. The van der Waals surface area contributed by atoms with Crippen LogP contribution in [0.25, 0.3) is 10.9 Å². The highest BCUT2D eigenvalue weighted by Gasteiger charge is 2.31. The third-order valence-electron chi connectivity index (χ3n) is 7.79. The molecule has 4 aromatic rings. The lowest BCUT2D eigenvalue weighted by molar-refractivity contribution is -0.142. The third kappa shape index (κ3) is 9.81. The highest BCUT2D eigenvalue weighted by molar-refractivity contribution is 5.94. The number of aromatic nitrogens is 1. The number of phenols is 2. The first-order chi connectivity index (χ1) is 22.4. The molecule has 0 aliphatic carbocycles. The summed E-state index contributed by atoms with van der Waals surface area (Å²) in [5.74, 6) is -3.17. The van der Waals surface area contributed by atoms with Crippen LogP contribution in [-0.4, -0.2) is 68.2 Å². The van der Waals surface area contributed by atoms with E-state index < -0.39 is 47.9 Å². The summed E-state index contributed by atoms with van der Waals surface area (Å²) in [5, 5.41) is 38.1. The molecule has 0 aliphatic heterocycles. The second kappa shape index (κ2) is 15.8. The lowest BCUT2D eigenvalue weighted by Crippen LogP contribution is -2.58. The van der Waals surface area contributed by atoms with Gasteiger partial charge in [-0.1, -0.05) is 56.3 Å². The number of phenolic OH excluding ortho intramolecular Hbond substituents is 2. The maximum Gasteiger partial charge on any atom is 0.326 e. The average molecular weight is 644 g/mol. The summed E-state index contributed by atoms with van der Waals surface area (Å²) in [5.41, 5.74) is 9.22. The van der Waals surface area contributed by atoms with Crippen LogP contribution in [0.15, 0.2) is 79.0 Å². The molecule has 3 amide bonds. The number of aromatic hydroxyl groups is 2. The molecule has 12 heteroatoms. The Bertz CT molecular complexity index is 1680. The minimum absolute atomic E-state index is 0.0121. The summed E-state index contributed by atoms with van der Waals surface area (Å²) in [6.07, 6.45) is 2.20. The maximum absolute atomic E-state index is 13.7. The molecule has 12 nitrogen and oxygen atoms in total. The Kier molecular flexibility index (Phi) is 11.6. The number of hydrogen-bond donors (Lipinski definition) is 8. The molecule has 1 heterocycles. The van der Waals surface area contributed by atoms with Crippen molar-refractivity contribution in [3.8, 4) is 11.5 Å². The zero-order valence-electron chi connectivity index (χ0n) is 26.3. The average Bonchev–Trinajstić information content (AvgIpc) is 3.44. The number of rotatable bonds is 15. The Morgan fingerprint density at radius 2 is 1.21 bits per heavy atom. The summed E-state index contributed by atoms with van der Waals surface area (Å²) in [6.45, 7) is 3.78. The summed E-state index contributed by atoms with van der Waals surface area (Å²) >= 11 is 0. The number of carbonyl (C=O) groups is 4. The normalized spacial score (nSPS) is 13.8. The number of carbonyl (C=O) groups excluding carboxylic acids is 3. The number of aromatic amines is 1. The summed E-state index contributed by atoms with van der Waals surface area (Å²) in [7, 11) is 0. The number of aliphatic carboxylic acids is 1. The van der Waals surface area contributed by atoms with Gasteiger partial charge in [0.05, 0.1) is 6.04 Å². The van der Waals surface area contributed by atoms with Crippen LogP contribution in [0, 0.1) is 5.92 Å². The Hall–Kier alpha value is -5.36. The van der Waals surface area contributed by atoms with Crippen molar-refractivity contribution >= 4 is 34.6 Å². The maximum atomic E-state index is 13.7. The van der Waals surface area contributed by atoms with Crippen LogP contribution in [0.1, 0.15) is 37.0 Å². The highest BCUT2D eigenvalue weighted by Crippen LogP contribution is 2.19. The van der Waals surface area contributed by atoms with Gasteiger partial charge in [0.15, 0.2) is 0 Å². The Morgan fingerprint density at radius 1 is 0.702 bits per heavy atom. The number of carboxylic acids is 1. The minimum Gasteiger partial charge on any atom is -0.508 e. The molecule has 0 spiro atoms. The third-order valence-corrected chi connectivity index (χ3v) is 7.79. The van der Waals surface area contributed by atoms with E-state index in [0.717, 1.165) is 16.5 Å². The van der Waals surface area contributed by atoms with Crippen LogP contribution in [0.5, 0.6) is 11.5 Å². The van der Waals surface area contributed by atoms with E-state index in [1.54, 1.807) is 30.5 Å². The van der Waals surface area contributed by atoms with Gasteiger partial charge in [0.1, 0.15) is 29.6 Å². The Balaban J connectivity index is 1.50. The number of benzene rings is 3. The second-order valence-corrected chi connectivity index (χ2v) is 12.1. The minimum atomic E-state index is -1.33. The fourth-order valence-corrected chi connectivity index (χ4v) is 5.30. The van der Waals surface area contributed by atoms with Gasteiger partial charge in [-0.25, -0.2) is 4.79 Å². The van der Waals surface area contributed by atoms with Crippen molar-refractivity contribution in [1.82, 2.24) is 20.9 Å². The van der Waals surface area contributed by atoms with Crippen LogP contribution < -0.4 is 21.7 Å². The molecule has 9 N–H and O–H groups in total. The Labute approximate surface area is 272 Å². The van der Waals surface area contributed by atoms with E-state index in [2.05, 4.69) is 20.9 Å².